The van der Waals surface area contributed by atoms with Crippen molar-refractivity contribution in [3.63, 3.8) is 0 Å². The van der Waals surface area contributed by atoms with E-state index in [0.717, 1.165) is 12.0 Å². The van der Waals surface area contributed by atoms with E-state index in [-0.39, 0.29) is 23.9 Å². The van der Waals surface area contributed by atoms with Gasteiger partial charge in [0.05, 0.1) is 6.04 Å². The number of rotatable bonds is 3. The van der Waals surface area contributed by atoms with E-state index in [0.29, 0.717) is 25.9 Å². The Labute approximate surface area is 141 Å². The number of likely N-dealkylation sites (N-methyl/N-ethyl adjacent to an activating group) is 1. The normalized spacial score (nSPS) is 29.8. The molecule has 3 atom stereocenters. The van der Waals surface area contributed by atoms with Crippen molar-refractivity contribution in [3.05, 3.63) is 35.9 Å². The molecule has 0 radical (unpaired) electrons. The van der Waals surface area contributed by atoms with Crippen molar-refractivity contribution in [2.45, 2.75) is 44.3 Å². The third kappa shape index (κ3) is 2.05. The van der Waals surface area contributed by atoms with Crippen LogP contribution in [0.3, 0.4) is 0 Å². The van der Waals surface area contributed by atoms with Gasteiger partial charge in [0.2, 0.25) is 5.91 Å². The molecule has 0 saturated carbocycles. The number of amides is 4. The summed E-state index contributed by atoms with van der Waals surface area (Å²) in [5.74, 6) is -0.300. The zero-order valence-corrected chi connectivity index (χ0v) is 13.7. The van der Waals surface area contributed by atoms with Gasteiger partial charge < -0.3 is 9.80 Å². The van der Waals surface area contributed by atoms with E-state index in [2.05, 4.69) is 0 Å². The molecule has 0 unspecified atom stereocenters. The van der Waals surface area contributed by atoms with E-state index in [1.54, 1.807) is 9.80 Å². The van der Waals surface area contributed by atoms with Crippen molar-refractivity contribution in [1.29, 1.82) is 0 Å². The lowest BCUT2D eigenvalue weighted by Gasteiger charge is -2.25. The predicted molar refractivity (Wildman–Crippen MR) is 86.9 cm³/mol. The van der Waals surface area contributed by atoms with Crippen LogP contribution in [0.25, 0.3) is 0 Å². The first-order chi connectivity index (χ1) is 11.6. The molecular weight excluding hydrogens is 306 g/mol. The highest BCUT2D eigenvalue weighted by Gasteiger charge is 2.56. The lowest BCUT2D eigenvalue weighted by Crippen LogP contribution is -2.46. The molecule has 126 valence electrons. The van der Waals surface area contributed by atoms with Gasteiger partial charge >= 0.3 is 6.03 Å². The van der Waals surface area contributed by atoms with Gasteiger partial charge in [-0.15, -0.1) is 0 Å². The number of hydrogen-bond donors (Lipinski definition) is 0. The molecule has 0 bridgehead atoms. The lowest BCUT2D eigenvalue weighted by atomic mass is 10.0. The van der Waals surface area contributed by atoms with Crippen molar-refractivity contribution in [3.8, 4) is 0 Å². The molecular formula is C18H21N3O3. The van der Waals surface area contributed by atoms with E-state index in [4.69, 9.17) is 0 Å². The Kier molecular flexibility index (Phi) is 3.55. The van der Waals surface area contributed by atoms with Gasteiger partial charge in [0.25, 0.3) is 5.91 Å². The molecule has 0 aliphatic carbocycles. The number of likely N-dealkylation sites (tertiary alicyclic amines) is 1. The second-order valence-corrected chi connectivity index (χ2v) is 6.64. The number of imide groups is 1. The fraction of sp³-hybridized carbons (Fsp3) is 0.500. The molecule has 0 spiro atoms. The minimum atomic E-state index is -0.619. The van der Waals surface area contributed by atoms with Crippen LogP contribution in [0.2, 0.25) is 0 Å². The monoisotopic (exact) mass is 327 g/mol. The summed E-state index contributed by atoms with van der Waals surface area (Å²) in [5, 5.41) is 0. The van der Waals surface area contributed by atoms with Crippen LogP contribution < -0.4 is 0 Å². The van der Waals surface area contributed by atoms with Crippen LogP contribution >= 0.6 is 0 Å². The molecule has 24 heavy (non-hydrogen) atoms. The Morgan fingerprint density at radius 2 is 1.62 bits per heavy atom. The summed E-state index contributed by atoms with van der Waals surface area (Å²) >= 11 is 0. The molecule has 3 aliphatic heterocycles. The van der Waals surface area contributed by atoms with E-state index in [9.17, 15) is 14.4 Å². The predicted octanol–water partition coefficient (Wildman–Crippen LogP) is 1.78. The summed E-state index contributed by atoms with van der Waals surface area (Å²) in [4.78, 5) is 42.9. The molecule has 6 heteroatoms. The second-order valence-electron chi connectivity index (χ2n) is 6.64. The first-order valence-electron chi connectivity index (χ1n) is 8.62. The minimum absolute atomic E-state index is 0.0727. The first-order valence-corrected chi connectivity index (χ1v) is 8.62. The van der Waals surface area contributed by atoms with Gasteiger partial charge in [-0.05, 0) is 31.7 Å². The summed E-state index contributed by atoms with van der Waals surface area (Å²) in [5.41, 5.74) is 1.05. The maximum absolute atomic E-state index is 13.0. The van der Waals surface area contributed by atoms with Crippen LogP contribution in [0.5, 0.6) is 0 Å². The first kappa shape index (κ1) is 15.2. The maximum atomic E-state index is 13.0. The SMILES string of the molecule is CCN1CC[C@@H](N2C(=O)[C@@H]3CC[C@@H](c4ccccc4)N3C2=O)C1=O. The zero-order valence-electron chi connectivity index (χ0n) is 13.7. The highest BCUT2D eigenvalue weighted by Crippen LogP contribution is 2.42. The van der Waals surface area contributed by atoms with E-state index < -0.39 is 12.1 Å². The average Bonchev–Trinajstić information content (AvgIpc) is 3.25. The Morgan fingerprint density at radius 1 is 0.917 bits per heavy atom. The summed E-state index contributed by atoms with van der Waals surface area (Å²) in [6.45, 7) is 3.15. The van der Waals surface area contributed by atoms with Crippen LogP contribution in [0.1, 0.15) is 37.8 Å². The third-order valence-electron chi connectivity index (χ3n) is 5.48. The Hall–Kier alpha value is -2.37. The maximum Gasteiger partial charge on any atom is 0.328 e. The average molecular weight is 327 g/mol. The van der Waals surface area contributed by atoms with Gasteiger partial charge in [0.15, 0.2) is 0 Å². The molecule has 3 saturated heterocycles. The highest BCUT2D eigenvalue weighted by atomic mass is 16.2. The summed E-state index contributed by atoms with van der Waals surface area (Å²) in [6.07, 6.45) is 2.00. The van der Waals surface area contributed by atoms with Gasteiger partial charge in [0.1, 0.15) is 12.1 Å². The van der Waals surface area contributed by atoms with Crippen molar-refractivity contribution in [2.24, 2.45) is 0 Å². The number of fused-ring (bicyclic) bond motifs is 1. The lowest BCUT2D eigenvalue weighted by molar-refractivity contribution is -0.138. The number of benzene rings is 1. The van der Waals surface area contributed by atoms with Gasteiger partial charge in [-0.2, -0.15) is 0 Å². The van der Waals surface area contributed by atoms with Gasteiger partial charge in [0, 0.05) is 13.1 Å². The largest absolute Gasteiger partial charge is 0.341 e. The Bertz CT molecular complexity index is 690. The number of urea groups is 1. The number of hydrogen-bond acceptors (Lipinski definition) is 3. The number of carbonyl (C=O) groups is 3. The Balaban J connectivity index is 1.62. The van der Waals surface area contributed by atoms with Crippen molar-refractivity contribution >= 4 is 17.8 Å². The molecule has 6 nitrogen and oxygen atoms in total. The quantitative estimate of drug-likeness (QED) is 0.795. The molecule has 4 amide bonds. The molecule has 3 aliphatic rings. The summed E-state index contributed by atoms with van der Waals surface area (Å²) < 4.78 is 0. The van der Waals surface area contributed by atoms with E-state index in [1.807, 2.05) is 37.3 Å². The highest BCUT2D eigenvalue weighted by molar-refractivity contribution is 6.08. The minimum Gasteiger partial charge on any atom is -0.341 e. The van der Waals surface area contributed by atoms with Crippen LogP contribution in [0.15, 0.2) is 30.3 Å². The number of nitrogens with zero attached hydrogens (tertiary/aromatic N) is 3. The summed E-state index contributed by atoms with van der Waals surface area (Å²) in [6, 6.07) is 8.42. The molecule has 0 aromatic heterocycles. The fourth-order valence-corrected chi connectivity index (χ4v) is 4.26. The smallest absolute Gasteiger partial charge is 0.328 e. The van der Waals surface area contributed by atoms with Crippen molar-refractivity contribution in [2.75, 3.05) is 13.1 Å². The van der Waals surface area contributed by atoms with E-state index in [1.165, 1.54) is 4.90 Å². The topological polar surface area (TPSA) is 60.9 Å². The molecule has 3 heterocycles. The van der Waals surface area contributed by atoms with Gasteiger partial charge in [-0.3, -0.25) is 9.59 Å². The van der Waals surface area contributed by atoms with Crippen molar-refractivity contribution in [1.82, 2.24) is 14.7 Å². The van der Waals surface area contributed by atoms with Gasteiger partial charge in [-0.25, -0.2) is 9.69 Å². The zero-order chi connectivity index (χ0) is 16.8. The Morgan fingerprint density at radius 3 is 2.29 bits per heavy atom. The van der Waals surface area contributed by atoms with Gasteiger partial charge in [-0.1, -0.05) is 30.3 Å². The van der Waals surface area contributed by atoms with Crippen molar-refractivity contribution < 1.29 is 14.4 Å². The molecule has 1 aromatic rings. The van der Waals surface area contributed by atoms with E-state index >= 15 is 0 Å². The van der Waals surface area contributed by atoms with Crippen LogP contribution in [-0.2, 0) is 9.59 Å². The third-order valence-corrected chi connectivity index (χ3v) is 5.48. The van der Waals surface area contributed by atoms with Crippen LogP contribution in [0, 0.1) is 0 Å². The second kappa shape index (κ2) is 5.61. The standard InChI is InChI=1S/C18H21N3O3/c1-2-19-11-10-15(16(19)22)21-17(23)14-9-8-13(20(14)18(21)24)12-6-4-3-5-7-12/h3-7,13-15H,2,8-11H2,1H3/t13-,14-,15+/m0/s1. The van der Waals surface area contributed by atoms with Crippen LogP contribution in [0.4, 0.5) is 4.79 Å². The molecule has 1 aromatic carbocycles. The summed E-state index contributed by atoms with van der Waals surface area (Å²) in [7, 11) is 0. The molecule has 4 rings (SSSR count). The molecule has 0 N–H and O–H groups in total. The van der Waals surface area contributed by atoms with Crippen LogP contribution in [-0.4, -0.2) is 57.7 Å². The molecule has 3 fully saturated rings. The fourth-order valence-electron chi connectivity index (χ4n) is 4.26. The number of carbonyl (C=O) groups excluding carboxylic acids is 3.